The molecule has 0 radical (unpaired) electrons. The monoisotopic (exact) mass is 226 g/mol. The van der Waals surface area contributed by atoms with E-state index < -0.39 is 0 Å². The van der Waals surface area contributed by atoms with Crippen molar-refractivity contribution in [3.8, 4) is 0 Å². The summed E-state index contributed by atoms with van der Waals surface area (Å²) in [5, 5.41) is 3.77. The molecule has 0 aromatic heterocycles. The van der Waals surface area contributed by atoms with Gasteiger partial charge in [-0.1, -0.05) is 6.92 Å². The van der Waals surface area contributed by atoms with Crippen LogP contribution < -0.4 is 5.32 Å². The van der Waals surface area contributed by atoms with Crippen LogP contribution in [0.3, 0.4) is 0 Å². The molecule has 2 aliphatic rings. The topological polar surface area (TPSA) is 24.5 Å². The second-order valence-corrected chi connectivity index (χ2v) is 5.48. The van der Waals surface area contributed by atoms with Crippen molar-refractivity contribution in [3.63, 3.8) is 0 Å². The first-order valence-corrected chi connectivity index (χ1v) is 6.77. The fraction of sp³-hybridized carbons (Fsp3) is 1.00. The van der Waals surface area contributed by atoms with Gasteiger partial charge in [0.05, 0.1) is 12.7 Å². The summed E-state index contributed by atoms with van der Waals surface area (Å²) in [6.45, 7) is 7.58. The lowest BCUT2D eigenvalue weighted by Crippen LogP contribution is -2.52. The zero-order valence-corrected chi connectivity index (χ0v) is 10.9. The molecular formula is C13H26N2O. The zero-order chi connectivity index (χ0) is 11.5. The standard InChI is InChI=1S/C13H26N2O/c1-4-12(11-5-6-11)14-10(2)13-9-15(3)7-8-16-13/h10-14H,4-9H2,1-3H3. The van der Waals surface area contributed by atoms with Gasteiger partial charge in [-0.15, -0.1) is 0 Å². The van der Waals surface area contributed by atoms with Crippen LogP contribution in [0, 0.1) is 5.92 Å². The van der Waals surface area contributed by atoms with Crippen molar-refractivity contribution in [3.05, 3.63) is 0 Å². The molecule has 0 aromatic carbocycles. The van der Waals surface area contributed by atoms with E-state index in [2.05, 4.69) is 31.1 Å². The lowest BCUT2D eigenvalue weighted by atomic mass is 10.1. The van der Waals surface area contributed by atoms with Crippen LogP contribution in [-0.4, -0.2) is 49.8 Å². The van der Waals surface area contributed by atoms with Gasteiger partial charge in [0.1, 0.15) is 0 Å². The normalized spacial score (nSPS) is 31.3. The molecule has 0 spiro atoms. The molecule has 1 N–H and O–H groups in total. The number of nitrogens with zero attached hydrogens (tertiary/aromatic N) is 1. The highest BCUT2D eigenvalue weighted by Crippen LogP contribution is 2.34. The van der Waals surface area contributed by atoms with E-state index in [1.807, 2.05) is 0 Å². The van der Waals surface area contributed by atoms with Gasteiger partial charge in [0.15, 0.2) is 0 Å². The lowest BCUT2D eigenvalue weighted by Gasteiger charge is -2.35. The Bertz CT molecular complexity index is 218. The minimum absolute atomic E-state index is 0.367. The van der Waals surface area contributed by atoms with Crippen LogP contribution in [0.5, 0.6) is 0 Å². The first kappa shape index (κ1) is 12.3. The van der Waals surface area contributed by atoms with Crippen LogP contribution in [0.4, 0.5) is 0 Å². The highest BCUT2D eigenvalue weighted by atomic mass is 16.5. The third kappa shape index (κ3) is 3.19. The number of morpholine rings is 1. The van der Waals surface area contributed by atoms with Gasteiger partial charge in [-0.05, 0) is 39.2 Å². The van der Waals surface area contributed by atoms with Crippen molar-refractivity contribution >= 4 is 0 Å². The van der Waals surface area contributed by atoms with Crippen LogP contribution in [0.15, 0.2) is 0 Å². The smallest absolute Gasteiger partial charge is 0.0852 e. The zero-order valence-electron chi connectivity index (χ0n) is 10.9. The Kier molecular flexibility index (Phi) is 4.22. The van der Waals surface area contributed by atoms with Gasteiger partial charge in [0.2, 0.25) is 0 Å². The molecule has 3 heteroatoms. The summed E-state index contributed by atoms with van der Waals surface area (Å²) in [6, 6.07) is 1.19. The van der Waals surface area contributed by atoms with Crippen molar-refractivity contribution in [2.45, 2.75) is 51.3 Å². The van der Waals surface area contributed by atoms with E-state index in [0.29, 0.717) is 18.2 Å². The molecule has 1 saturated carbocycles. The number of nitrogens with one attached hydrogen (secondary N) is 1. The molecule has 1 aliphatic heterocycles. The molecule has 2 fully saturated rings. The predicted octanol–water partition coefficient (Wildman–Crippen LogP) is 1.48. The number of likely N-dealkylation sites (N-methyl/N-ethyl adjacent to an activating group) is 1. The van der Waals surface area contributed by atoms with Gasteiger partial charge in [-0.2, -0.15) is 0 Å². The molecule has 2 rings (SSSR count). The Morgan fingerprint density at radius 2 is 2.19 bits per heavy atom. The van der Waals surface area contributed by atoms with Gasteiger partial charge in [-0.25, -0.2) is 0 Å². The van der Waals surface area contributed by atoms with E-state index in [4.69, 9.17) is 4.74 Å². The van der Waals surface area contributed by atoms with E-state index in [0.717, 1.165) is 25.6 Å². The average Bonchev–Trinajstić information content (AvgIpc) is 3.09. The lowest BCUT2D eigenvalue weighted by molar-refractivity contribution is -0.0375. The Hall–Kier alpha value is -0.120. The van der Waals surface area contributed by atoms with Crippen molar-refractivity contribution in [1.29, 1.82) is 0 Å². The van der Waals surface area contributed by atoms with Crippen LogP contribution in [0.2, 0.25) is 0 Å². The summed E-state index contributed by atoms with van der Waals surface area (Å²) in [5.41, 5.74) is 0. The van der Waals surface area contributed by atoms with Crippen molar-refractivity contribution < 1.29 is 4.74 Å². The molecule has 1 saturated heterocycles. The van der Waals surface area contributed by atoms with Crippen molar-refractivity contribution in [2.75, 3.05) is 26.7 Å². The van der Waals surface area contributed by atoms with Gasteiger partial charge in [0.25, 0.3) is 0 Å². The summed E-state index contributed by atoms with van der Waals surface area (Å²) in [7, 11) is 2.18. The van der Waals surface area contributed by atoms with Crippen LogP contribution in [-0.2, 0) is 4.74 Å². The van der Waals surface area contributed by atoms with E-state index in [-0.39, 0.29) is 0 Å². The second kappa shape index (κ2) is 5.48. The van der Waals surface area contributed by atoms with Crippen LogP contribution in [0.25, 0.3) is 0 Å². The molecule has 3 unspecified atom stereocenters. The van der Waals surface area contributed by atoms with E-state index >= 15 is 0 Å². The van der Waals surface area contributed by atoms with Crippen molar-refractivity contribution in [2.24, 2.45) is 5.92 Å². The molecule has 1 aliphatic carbocycles. The summed E-state index contributed by atoms with van der Waals surface area (Å²) >= 11 is 0. The molecule has 1 heterocycles. The fourth-order valence-electron chi connectivity index (χ4n) is 2.64. The summed E-state index contributed by atoms with van der Waals surface area (Å²) in [6.07, 6.45) is 4.46. The second-order valence-electron chi connectivity index (χ2n) is 5.48. The molecule has 3 nitrogen and oxygen atoms in total. The SMILES string of the molecule is CCC(NC(C)C1CN(C)CCO1)C1CC1. The molecule has 16 heavy (non-hydrogen) atoms. The Labute approximate surface area is 99.5 Å². The highest BCUT2D eigenvalue weighted by molar-refractivity contribution is 4.89. The Balaban J connectivity index is 1.78. The number of hydrogen-bond donors (Lipinski definition) is 1. The maximum atomic E-state index is 5.85. The Morgan fingerprint density at radius 3 is 2.75 bits per heavy atom. The Morgan fingerprint density at radius 1 is 1.44 bits per heavy atom. The minimum Gasteiger partial charge on any atom is -0.374 e. The third-order valence-corrected chi connectivity index (χ3v) is 3.96. The summed E-state index contributed by atoms with van der Waals surface area (Å²) < 4.78 is 5.85. The molecule has 0 bridgehead atoms. The average molecular weight is 226 g/mol. The minimum atomic E-state index is 0.367. The summed E-state index contributed by atoms with van der Waals surface area (Å²) in [4.78, 5) is 2.37. The van der Waals surface area contributed by atoms with Crippen molar-refractivity contribution in [1.82, 2.24) is 10.2 Å². The predicted molar refractivity (Wildman–Crippen MR) is 66.6 cm³/mol. The number of ether oxygens (including phenoxy) is 1. The largest absolute Gasteiger partial charge is 0.374 e. The molecule has 0 aromatic rings. The molecule has 0 amide bonds. The maximum absolute atomic E-state index is 5.85. The summed E-state index contributed by atoms with van der Waals surface area (Å²) in [5.74, 6) is 0.939. The number of rotatable bonds is 5. The molecule has 94 valence electrons. The van der Waals surface area contributed by atoms with Crippen LogP contribution in [0.1, 0.15) is 33.1 Å². The van der Waals surface area contributed by atoms with Gasteiger partial charge in [-0.3, -0.25) is 0 Å². The third-order valence-electron chi connectivity index (χ3n) is 3.96. The molecule has 3 atom stereocenters. The van der Waals surface area contributed by atoms with Gasteiger partial charge < -0.3 is 15.0 Å². The first-order chi connectivity index (χ1) is 7.70. The van der Waals surface area contributed by atoms with Crippen LogP contribution >= 0.6 is 0 Å². The molecular weight excluding hydrogens is 200 g/mol. The maximum Gasteiger partial charge on any atom is 0.0852 e. The first-order valence-electron chi connectivity index (χ1n) is 6.77. The quantitative estimate of drug-likeness (QED) is 0.768. The van der Waals surface area contributed by atoms with Gasteiger partial charge >= 0.3 is 0 Å². The van der Waals surface area contributed by atoms with E-state index in [1.165, 1.54) is 19.3 Å². The van der Waals surface area contributed by atoms with E-state index in [9.17, 15) is 0 Å². The fourth-order valence-corrected chi connectivity index (χ4v) is 2.64. The van der Waals surface area contributed by atoms with Gasteiger partial charge in [0, 0.05) is 25.2 Å². The number of hydrogen-bond acceptors (Lipinski definition) is 3. The van der Waals surface area contributed by atoms with E-state index in [1.54, 1.807) is 0 Å². The highest BCUT2D eigenvalue weighted by Gasteiger charge is 2.32.